The highest BCUT2D eigenvalue weighted by Crippen LogP contribution is 2.32. The van der Waals surface area contributed by atoms with Gasteiger partial charge >= 0.3 is 0 Å². The van der Waals surface area contributed by atoms with Crippen molar-refractivity contribution in [1.82, 2.24) is 15.0 Å². The molecule has 2 heterocycles. The van der Waals surface area contributed by atoms with Crippen LogP contribution in [0.1, 0.15) is 17.5 Å². The molecular weight excluding hydrogens is 352 g/mol. The maximum absolute atomic E-state index is 6.05. The van der Waals surface area contributed by atoms with E-state index in [2.05, 4.69) is 15.2 Å². The Kier molecular flexibility index (Phi) is 4.77. The fourth-order valence-corrected chi connectivity index (χ4v) is 3.31. The molecule has 1 aliphatic rings. The van der Waals surface area contributed by atoms with Crippen LogP contribution < -0.4 is 9.64 Å². The lowest BCUT2D eigenvalue weighted by Crippen LogP contribution is -2.23. The van der Waals surface area contributed by atoms with Crippen LogP contribution in [0.2, 0.25) is 5.02 Å². The van der Waals surface area contributed by atoms with Crippen LogP contribution in [0.4, 0.5) is 5.69 Å². The highest BCUT2D eigenvalue weighted by atomic mass is 35.5. The zero-order valence-corrected chi connectivity index (χ0v) is 15.1. The van der Waals surface area contributed by atoms with Crippen molar-refractivity contribution in [3.63, 3.8) is 0 Å². The average Bonchev–Trinajstić information content (AvgIpc) is 3.31. The van der Waals surface area contributed by atoms with Crippen molar-refractivity contribution < 1.29 is 9.47 Å². The van der Waals surface area contributed by atoms with Gasteiger partial charge in [-0.1, -0.05) is 35.0 Å². The molecule has 0 saturated carbocycles. The van der Waals surface area contributed by atoms with E-state index in [1.165, 1.54) is 0 Å². The number of halogens is 1. The van der Waals surface area contributed by atoms with Crippen molar-refractivity contribution in [3.8, 4) is 5.75 Å². The number of ether oxygens (including phenoxy) is 2. The molecule has 1 fully saturated rings. The maximum Gasteiger partial charge on any atom is 0.177 e. The summed E-state index contributed by atoms with van der Waals surface area (Å²) in [6.45, 7) is 2.04. The summed E-state index contributed by atoms with van der Waals surface area (Å²) in [6.07, 6.45) is 1.67. The zero-order valence-electron chi connectivity index (χ0n) is 14.4. The third-order valence-electron chi connectivity index (χ3n) is 4.32. The van der Waals surface area contributed by atoms with Gasteiger partial charge in [0.25, 0.3) is 0 Å². The first-order valence-electron chi connectivity index (χ1n) is 8.40. The minimum Gasteiger partial charge on any atom is -0.497 e. The van der Waals surface area contributed by atoms with Crippen molar-refractivity contribution >= 4 is 17.3 Å². The first-order valence-corrected chi connectivity index (χ1v) is 8.77. The van der Waals surface area contributed by atoms with Crippen molar-refractivity contribution in [2.45, 2.75) is 12.8 Å². The molecule has 26 heavy (non-hydrogen) atoms. The van der Waals surface area contributed by atoms with Crippen LogP contribution in [-0.2, 0) is 11.3 Å². The Morgan fingerprint density at radius 1 is 1.23 bits per heavy atom. The zero-order chi connectivity index (χ0) is 17.9. The van der Waals surface area contributed by atoms with E-state index in [0.29, 0.717) is 18.2 Å². The van der Waals surface area contributed by atoms with Crippen LogP contribution >= 0.6 is 11.6 Å². The minimum atomic E-state index is -0.254. The molecule has 0 spiro atoms. The van der Waals surface area contributed by atoms with Gasteiger partial charge in [-0.25, -0.2) is 4.68 Å². The number of hydrogen-bond acceptors (Lipinski definition) is 5. The van der Waals surface area contributed by atoms with Gasteiger partial charge in [-0.2, -0.15) is 0 Å². The molecule has 0 N–H and O–H groups in total. The topological polar surface area (TPSA) is 52.4 Å². The van der Waals surface area contributed by atoms with E-state index in [-0.39, 0.29) is 6.23 Å². The van der Waals surface area contributed by atoms with Gasteiger partial charge in [0, 0.05) is 23.3 Å². The van der Waals surface area contributed by atoms with Crippen molar-refractivity contribution in [2.75, 3.05) is 25.2 Å². The summed E-state index contributed by atoms with van der Waals surface area (Å²) >= 11 is 6.05. The monoisotopic (exact) mass is 370 g/mol. The summed E-state index contributed by atoms with van der Waals surface area (Å²) in [5, 5.41) is 9.27. The second kappa shape index (κ2) is 7.35. The van der Waals surface area contributed by atoms with Crippen LogP contribution in [0.3, 0.4) is 0 Å². The van der Waals surface area contributed by atoms with Gasteiger partial charge in [0.1, 0.15) is 11.4 Å². The van der Waals surface area contributed by atoms with Crippen LogP contribution in [-0.4, -0.2) is 35.3 Å². The lowest BCUT2D eigenvalue weighted by atomic mass is 10.2. The summed E-state index contributed by atoms with van der Waals surface area (Å²) in [5.74, 6) is 0.817. The Morgan fingerprint density at radius 2 is 2.12 bits per heavy atom. The molecule has 1 saturated heterocycles. The average molecular weight is 371 g/mol. The molecule has 0 unspecified atom stereocenters. The van der Waals surface area contributed by atoms with E-state index < -0.39 is 0 Å². The molecule has 1 aromatic heterocycles. The molecular formula is C19H19ClN4O2. The lowest BCUT2D eigenvalue weighted by molar-refractivity contribution is 0.110. The maximum atomic E-state index is 6.05. The van der Waals surface area contributed by atoms with Crippen molar-refractivity contribution in [2.24, 2.45) is 0 Å². The second-order valence-electron chi connectivity index (χ2n) is 6.09. The standard InChI is InChI=1S/C19H19ClN4O2/c1-25-17-7-3-6-16(11-17)24-8-9-26-19(24)18-13-23(22-21-18)12-14-4-2-5-15(20)10-14/h2-7,10-11,13,19H,8-9,12H2,1H3/t19-/m1/s1. The normalized spacial score (nSPS) is 16.8. The van der Waals surface area contributed by atoms with E-state index >= 15 is 0 Å². The van der Waals surface area contributed by atoms with Crippen LogP contribution in [0, 0.1) is 0 Å². The first kappa shape index (κ1) is 16.9. The first-order chi connectivity index (χ1) is 12.7. The summed E-state index contributed by atoms with van der Waals surface area (Å²) in [7, 11) is 1.67. The van der Waals surface area contributed by atoms with Gasteiger partial charge in [0.05, 0.1) is 26.5 Å². The van der Waals surface area contributed by atoms with Gasteiger partial charge in [-0.15, -0.1) is 5.10 Å². The minimum absolute atomic E-state index is 0.254. The molecule has 0 aliphatic carbocycles. The quantitative estimate of drug-likeness (QED) is 0.687. The van der Waals surface area contributed by atoms with Gasteiger partial charge in [-0.3, -0.25) is 0 Å². The molecule has 0 radical (unpaired) electrons. The van der Waals surface area contributed by atoms with E-state index in [1.54, 1.807) is 11.8 Å². The number of hydrogen-bond donors (Lipinski definition) is 0. The van der Waals surface area contributed by atoms with Crippen molar-refractivity contribution in [1.29, 1.82) is 0 Å². The lowest BCUT2D eigenvalue weighted by Gasteiger charge is -2.23. The van der Waals surface area contributed by atoms with Crippen LogP contribution in [0.15, 0.2) is 54.7 Å². The van der Waals surface area contributed by atoms with E-state index in [1.807, 2.05) is 54.7 Å². The Balaban J connectivity index is 1.54. The number of benzene rings is 2. The highest BCUT2D eigenvalue weighted by molar-refractivity contribution is 6.30. The summed E-state index contributed by atoms with van der Waals surface area (Å²) < 4.78 is 13.0. The van der Waals surface area contributed by atoms with Gasteiger partial charge in [-0.05, 0) is 29.8 Å². The second-order valence-corrected chi connectivity index (χ2v) is 6.53. The number of nitrogens with zero attached hydrogens (tertiary/aromatic N) is 4. The molecule has 0 bridgehead atoms. The largest absolute Gasteiger partial charge is 0.497 e. The molecule has 2 aromatic carbocycles. The number of anilines is 1. The van der Waals surface area contributed by atoms with Crippen LogP contribution in [0.5, 0.6) is 5.75 Å². The Labute approximate surface area is 156 Å². The Morgan fingerprint density at radius 3 is 2.96 bits per heavy atom. The third-order valence-corrected chi connectivity index (χ3v) is 4.55. The van der Waals surface area contributed by atoms with E-state index in [0.717, 1.165) is 29.2 Å². The van der Waals surface area contributed by atoms with Gasteiger partial charge in [0.15, 0.2) is 6.23 Å². The predicted octanol–water partition coefficient (Wildman–Crippen LogP) is 3.52. The van der Waals surface area contributed by atoms with E-state index in [9.17, 15) is 0 Å². The molecule has 4 rings (SSSR count). The molecule has 7 heteroatoms. The van der Waals surface area contributed by atoms with Gasteiger partial charge < -0.3 is 14.4 Å². The fourth-order valence-electron chi connectivity index (χ4n) is 3.09. The van der Waals surface area contributed by atoms with E-state index in [4.69, 9.17) is 21.1 Å². The fraction of sp³-hybridized carbons (Fsp3) is 0.263. The molecule has 6 nitrogen and oxygen atoms in total. The summed E-state index contributed by atoms with van der Waals surface area (Å²) in [4.78, 5) is 2.16. The summed E-state index contributed by atoms with van der Waals surface area (Å²) in [6, 6.07) is 15.7. The SMILES string of the molecule is COc1cccc(N2CCO[C@@H]2c2cn(Cc3cccc(Cl)c3)nn2)c1. The number of rotatable bonds is 5. The molecule has 0 amide bonds. The Bertz CT molecular complexity index is 899. The summed E-state index contributed by atoms with van der Waals surface area (Å²) in [5.41, 5.74) is 2.90. The molecule has 1 aliphatic heterocycles. The highest BCUT2D eigenvalue weighted by Gasteiger charge is 2.29. The smallest absolute Gasteiger partial charge is 0.177 e. The van der Waals surface area contributed by atoms with Crippen LogP contribution in [0.25, 0.3) is 0 Å². The van der Waals surface area contributed by atoms with Gasteiger partial charge in [0.2, 0.25) is 0 Å². The molecule has 1 atom stereocenters. The third kappa shape index (κ3) is 3.52. The molecule has 3 aromatic rings. The van der Waals surface area contributed by atoms with Crippen molar-refractivity contribution in [3.05, 3.63) is 71.0 Å². The molecule has 134 valence electrons. The Hall–Kier alpha value is -2.57. The number of aromatic nitrogens is 3. The number of methoxy groups -OCH3 is 1. The predicted molar refractivity (Wildman–Crippen MR) is 99.6 cm³/mol.